The maximum atomic E-state index is 11.7. The first-order valence-corrected chi connectivity index (χ1v) is 6.07. The molecule has 18 heavy (non-hydrogen) atoms. The van der Waals surface area contributed by atoms with Gasteiger partial charge in [-0.1, -0.05) is 0 Å². The van der Waals surface area contributed by atoms with Gasteiger partial charge in [0.05, 0.1) is 6.54 Å². The van der Waals surface area contributed by atoms with Crippen LogP contribution in [0.1, 0.15) is 48.8 Å². The summed E-state index contributed by atoms with van der Waals surface area (Å²) in [6.45, 7) is 3.45. The highest BCUT2D eigenvalue weighted by Crippen LogP contribution is 2.39. The van der Waals surface area contributed by atoms with Gasteiger partial charge in [-0.25, -0.2) is 4.79 Å². The summed E-state index contributed by atoms with van der Waals surface area (Å²) < 4.78 is 5.16. The predicted octanol–water partition coefficient (Wildman–Crippen LogP) is 0.968. The maximum Gasteiger partial charge on any atom is 0.359 e. The van der Waals surface area contributed by atoms with Crippen molar-refractivity contribution < 1.29 is 14.3 Å². The fourth-order valence-electron chi connectivity index (χ4n) is 1.62. The molecule has 0 saturated heterocycles. The monoisotopic (exact) mass is 251 g/mol. The third-order valence-electron chi connectivity index (χ3n) is 2.77. The summed E-state index contributed by atoms with van der Waals surface area (Å²) in [7, 11) is 0. The Morgan fingerprint density at radius 1 is 1.61 bits per heavy atom. The zero-order valence-corrected chi connectivity index (χ0v) is 10.5. The molecule has 98 valence electrons. The van der Waals surface area contributed by atoms with E-state index in [0.717, 1.165) is 18.5 Å². The highest BCUT2D eigenvalue weighted by Gasteiger charge is 2.27. The molecule has 1 aromatic heterocycles. The average Bonchev–Trinajstić information content (AvgIpc) is 3.04. The molecule has 0 unspecified atom stereocenters. The lowest BCUT2D eigenvalue weighted by atomic mass is 10.2. The van der Waals surface area contributed by atoms with Gasteiger partial charge in [0.2, 0.25) is 5.91 Å². The lowest BCUT2D eigenvalue weighted by molar-refractivity contribution is -0.119. The van der Waals surface area contributed by atoms with E-state index in [1.165, 1.54) is 6.92 Å². The molecule has 1 aliphatic rings. The Balaban J connectivity index is 1.84. The van der Waals surface area contributed by atoms with Gasteiger partial charge >= 0.3 is 5.97 Å². The van der Waals surface area contributed by atoms with Gasteiger partial charge < -0.3 is 10.1 Å². The molecule has 0 radical (unpaired) electrons. The van der Waals surface area contributed by atoms with Gasteiger partial charge in [-0.2, -0.15) is 5.10 Å². The Hall–Kier alpha value is -1.85. The number of nitrogens with one attached hydrogen (secondary N) is 2. The second kappa shape index (κ2) is 5.20. The van der Waals surface area contributed by atoms with Crippen molar-refractivity contribution in [2.75, 3.05) is 6.54 Å². The van der Waals surface area contributed by atoms with E-state index in [1.807, 2.05) is 0 Å². The molecule has 1 atom stereocenters. The molecule has 1 fully saturated rings. The van der Waals surface area contributed by atoms with E-state index >= 15 is 0 Å². The van der Waals surface area contributed by atoms with Crippen LogP contribution in [0.5, 0.6) is 0 Å². The quantitative estimate of drug-likeness (QED) is 0.764. The third-order valence-corrected chi connectivity index (χ3v) is 2.77. The standard InChI is InChI=1S/C12H17N3O3/c1-7(6-13-8(2)16)18-12(17)11-5-10(14-15-11)9-3-4-9/h5,7,9H,3-4,6H2,1-2H3,(H,13,16)(H,14,15)/t7-/m0/s1. The van der Waals surface area contributed by atoms with Crippen molar-refractivity contribution in [3.63, 3.8) is 0 Å². The third kappa shape index (κ3) is 3.32. The summed E-state index contributed by atoms with van der Waals surface area (Å²) in [4.78, 5) is 22.5. The largest absolute Gasteiger partial charge is 0.456 e. The molecule has 1 aromatic rings. The fourth-order valence-corrected chi connectivity index (χ4v) is 1.62. The first-order valence-electron chi connectivity index (χ1n) is 6.07. The van der Waals surface area contributed by atoms with E-state index < -0.39 is 5.97 Å². The van der Waals surface area contributed by atoms with Crippen LogP contribution < -0.4 is 5.32 Å². The highest BCUT2D eigenvalue weighted by molar-refractivity contribution is 5.87. The van der Waals surface area contributed by atoms with Crippen molar-refractivity contribution in [1.29, 1.82) is 0 Å². The molecule has 6 nitrogen and oxygen atoms in total. The van der Waals surface area contributed by atoms with Gasteiger partial charge in [0.25, 0.3) is 0 Å². The number of nitrogens with zero attached hydrogens (tertiary/aromatic N) is 1. The minimum Gasteiger partial charge on any atom is -0.456 e. The van der Waals surface area contributed by atoms with Crippen molar-refractivity contribution in [2.45, 2.75) is 38.7 Å². The number of aromatic nitrogens is 2. The predicted molar refractivity (Wildman–Crippen MR) is 64.1 cm³/mol. The van der Waals surface area contributed by atoms with E-state index in [0.29, 0.717) is 18.2 Å². The van der Waals surface area contributed by atoms with E-state index in [2.05, 4.69) is 15.5 Å². The summed E-state index contributed by atoms with van der Waals surface area (Å²) in [6.07, 6.45) is 1.92. The lowest BCUT2D eigenvalue weighted by Gasteiger charge is -2.12. The number of carbonyl (C=O) groups is 2. The molecule has 0 aliphatic heterocycles. The Morgan fingerprint density at radius 2 is 2.33 bits per heavy atom. The smallest absolute Gasteiger partial charge is 0.359 e. The van der Waals surface area contributed by atoms with Crippen LogP contribution in [0.15, 0.2) is 6.07 Å². The van der Waals surface area contributed by atoms with Gasteiger partial charge in [-0.15, -0.1) is 0 Å². The first kappa shape index (κ1) is 12.6. The Kier molecular flexibility index (Phi) is 3.64. The van der Waals surface area contributed by atoms with Crippen molar-refractivity contribution in [2.24, 2.45) is 0 Å². The molecule has 1 heterocycles. The molecule has 2 rings (SSSR count). The molecule has 0 spiro atoms. The Bertz CT molecular complexity index is 451. The summed E-state index contributed by atoms with van der Waals surface area (Å²) in [5.74, 6) is -0.0828. The number of carbonyl (C=O) groups excluding carboxylic acids is 2. The van der Waals surface area contributed by atoms with Crippen molar-refractivity contribution >= 4 is 11.9 Å². The van der Waals surface area contributed by atoms with E-state index in [-0.39, 0.29) is 12.0 Å². The van der Waals surface area contributed by atoms with Crippen LogP contribution in [0.25, 0.3) is 0 Å². The molecule has 2 N–H and O–H groups in total. The summed E-state index contributed by atoms with van der Waals surface area (Å²) in [5.41, 5.74) is 1.29. The van der Waals surface area contributed by atoms with Crippen molar-refractivity contribution in [3.8, 4) is 0 Å². The molecule has 1 saturated carbocycles. The summed E-state index contributed by atoms with van der Waals surface area (Å²) in [6, 6.07) is 1.74. The highest BCUT2D eigenvalue weighted by atomic mass is 16.5. The minimum atomic E-state index is -0.462. The van der Waals surface area contributed by atoms with Crippen LogP contribution in [-0.4, -0.2) is 34.7 Å². The topological polar surface area (TPSA) is 84.1 Å². The fraction of sp³-hybridized carbons (Fsp3) is 0.583. The van der Waals surface area contributed by atoms with Gasteiger partial charge in [-0.05, 0) is 25.8 Å². The average molecular weight is 251 g/mol. The summed E-state index contributed by atoms with van der Waals surface area (Å²) >= 11 is 0. The minimum absolute atomic E-state index is 0.145. The Morgan fingerprint density at radius 3 is 2.94 bits per heavy atom. The molecule has 0 aromatic carbocycles. The maximum absolute atomic E-state index is 11.7. The lowest BCUT2D eigenvalue weighted by Crippen LogP contribution is -2.31. The van der Waals surface area contributed by atoms with Crippen LogP contribution >= 0.6 is 0 Å². The zero-order chi connectivity index (χ0) is 13.1. The molecule has 1 aliphatic carbocycles. The van der Waals surface area contributed by atoms with Crippen LogP contribution in [0.2, 0.25) is 0 Å². The second-order valence-electron chi connectivity index (χ2n) is 4.64. The number of esters is 1. The summed E-state index contributed by atoms with van der Waals surface area (Å²) in [5, 5.41) is 9.38. The van der Waals surface area contributed by atoms with E-state index in [9.17, 15) is 9.59 Å². The zero-order valence-electron chi connectivity index (χ0n) is 10.5. The van der Waals surface area contributed by atoms with Crippen molar-refractivity contribution in [3.05, 3.63) is 17.5 Å². The number of aromatic amines is 1. The number of hydrogen-bond donors (Lipinski definition) is 2. The van der Waals surface area contributed by atoms with Gasteiger partial charge in [0.1, 0.15) is 6.10 Å². The van der Waals surface area contributed by atoms with Crippen LogP contribution in [-0.2, 0) is 9.53 Å². The van der Waals surface area contributed by atoms with Crippen LogP contribution in [0.3, 0.4) is 0 Å². The number of hydrogen-bond acceptors (Lipinski definition) is 4. The number of rotatable bonds is 5. The second-order valence-corrected chi connectivity index (χ2v) is 4.64. The Labute approximate surface area is 105 Å². The molecular weight excluding hydrogens is 234 g/mol. The first-order chi connectivity index (χ1) is 8.56. The van der Waals surface area contributed by atoms with Crippen LogP contribution in [0, 0.1) is 0 Å². The molecular formula is C12H17N3O3. The van der Waals surface area contributed by atoms with Gasteiger partial charge in [0, 0.05) is 18.5 Å². The number of ether oxygens (including phenoxy) is 1. The normalized spacial score (nSPS) is 16.1. The molecule has 0 bridgehead atoms. The number of amides is 1. The molecule has 6 heteroatoms. The SMILES string of the molecule is CC(=O)NC[C@H](C)OC(=O)c1cc(C2CC2)[nH]n1. The van der Waals surface area contributed by atoms with E-state index in [1.54, 1.807) is 13.0 Å². The van der Waals surface area contributed by atoms with Crippen molar-refractivity contribution in [1.82, 2.24) is 15.5 Å². The molecule has 1 amide bonds. The van der Waals surface area contributed by atoms with Gasteiger partial charge in [-0.3, -0.25) is 9.89 Å². The number of H-pyrrole nitrogens is 1. The van der Waals surface area contributed by atoms with Crippen LogP contribution in [0.4, 0.5) is 0 Å². The van der Waals surface area contributed by atoms with E-state index in [4.69, 9.17) is 4.74 Å². The van der Waals surface area contributed by atoms with Gasteiger partial charge in [0.15, 0.2) is 5.69 Å².